The molecule has 0 aliphatic carbocycles. The SMILES string of the molecule is COc1ccc2c3c([nH]c2c1)[C@H](CO)N(C(=O)Nc1ccc(F)cc1)CC31CCN(C(=O)Cc2ccncc2)CC1. The number of halogens is 1. The highest BCUT2D eigenvalue weighted by Gasteiger charge is 2.49. The van der Waals surface area contributed by atoms with Crippen LogP contribution in [0.1, 0.15) is 35.7 Å². The van der Waals surface area contributed by atoms with Crippen molar-refractivity contribution < 1.29 is 23.8 Å². The lowest BCUT2D eigenvalue weighted by atomic mass is 9.68. The molecule has 0 radical (unpaired) electrons. The third-order valence-electron chi connectivity index (χ3n) is 8.45. The normalized spacial score (nSPS) is 17.9. The average Bonchev–Trinajstić information content (AvgIpc) is 3.39. The molecule has 2 aromatic heterocycles. The summed E-state index contributed by atoms with van der Waals surface area (Å²) in [5.41, 5.74) is 3.68. The lowest BCUT2D eigenvalue weighted by molar-refractivity contribution is -0.132. The summed E-state index contributed by atoms with van der Waals surface area (Å²) < 4.78 is 18.9. The number of aromatic nitrogens is 2. The van der Waals surface area contributed by atoms with Gasteiger partial charge in [0.25, 0.3) is 0 Å². The highest BCUT2D eigenvalue weighted by molar-refractivity contribution is 5.92. The molecule has 2 aromatic carbocycles. The van der Waals surface area contributed by atoms with Crippen molar-refractivity contribution in [1.82, 2.24) is 19.8 Å². The average molecular weight is 558 g/mol. The first-order chi connectivity index (χ1) is 19.9. The van der Waals surface area contributed by atoms with E-state index in [4.69, 9.17) is 4.74 Å². The van der Waals surface area contributed by atoms with Gasteiger partial charge in [-0.15, -0.1) is 0 Å². The number of benzene rings is 2. The molecular formula is C31H32FN5O4. The summed E-state index contributed by atoms with van der Waals surface area (Å²) in [4.78, 5) is 37.9. The van der Waals surface area contributed by atoms with Crippen LogP contribution in [0, 0.1) is 5.82 Å². The van der Waals surface area contributed by atoms with Crippen molar-refractivity contribution in [1.29, 1.82) is 0 Å². The molecule has 41 heavy (non-hydrogen) atoms. The van der Waals surface area contributed by atoms with E-state index in [1.807, 2.05) is 35.2 Å². The first kappa shape index (κ1) is 26.8. The Balaban J connectivity index is 1.34. The van der Waals surface area contributed by atoms with Crippen LogP contribution in [0.15, 0.2) is 67.0 Å². The predicted octanol–water partition coefficient (Wildman–Crippen LogP) is 4.39. The van der Waals surface area contributed by atoms with Gasteiger partial charge in [0.1, 0.15) is 11.6 Å². The number of methoxy groups -OCH3 is 1. The number of piperidine rings is 1. The Hall–Kier alpha value is -4.44. The topological polar surface area (TPSA) is 111 Å². The maximum absolute atomic E-state index is 13.7. The summed E-state index contributed by atoms with van der Waals surface area (Å²) in [7, 11) is 1.61. The number of urea groups is 1. The number of pyridine rings is 1. The van der Waals surface area contributed by atoms with Gasteiger partial charge in [-0.05, 0) is 72.5 Å². The number of H-pyrrole nitrogens is 1. The number of anilines is 1. The molecule has 1 atom stereocenters. The largest absolute Gasteiger partial charge is 0.497 e. The lowest BCUT2D eigenvalue weighted by Crippen LogP contribution is -2.56. The minimum absolute atomic E-state index is 0.0601. The number of ether oxygens (including phenoxy) is 1. The van der Waals surface area contributed by atoms with Crippen molar-refractivity contribution in [2.75, 3.05) is 38.7 Å². The summed E-state index contributed by atoms with van der Waals surface area (Å²) in [6.07, 6.45) is 4.99. The summed E-state index contributed by atoms with van der Waals surface area (Å²) in [6.45, 7) is 1.18. The lowest BCUT2D eigenvalue weighted by Gasteiger charge is -2.50. The molecule has 0 saturated carbocycles. The maximum atomic E-state index is 13.7. The molecule has 0 unspecified atom stereocenters. The van der Waals surface area contributed by atoms with E-state index in [0.29, 0.717) is 50.3 Å². The van der Waals surface area contributed by atoms with Crippen LogP contribution in [0.2, 0.25) is 0 Å². The highest BCUT2D eigenvalue weighted by Crippen LogP contribution is 2.49. The van der Waals surface area contributed by atoms with Crippen molar-refractivity contribution in [2.45, 2.75) is 30.7 Å². The number of hydrogen-bond donors (Lipinski definition) is 3. The van der Waals surface area contributed by atoms with E-state index in [-0.39, 0.29) is 18.5 Å². The van der Waals surface area contributed by atoms with Crippen LogP contribution in [-0.4, -0.2) is 70.2 Å². The van der Waals surface area contributed by atoms with E-state index in [1.165, 1.54) is 24.3 Å². The molecule has 9 nitrogen and oxygen atoms in total. The number of amides is 3. The van der Waals surface area contributed by atoms with Crippen LogP contribution < -0.4 is 10.1 Å². The Morgan fingerprint density at radius 2 is 1.85 bits per heavy atom. The van der Waals surface area contributed by atoms with Gasteiger partial charge in [0.2, 0.25) is 5.91 Å². The molecule has 0 bridgehead atoms. The third-order valence-corrected chi connectivity index (χ3v) is 8.45. The second-order valence-electron chi connectivity index (χ2n) is 10.8. The van der Waals surface area contributed by atoms with Crippen molar-refractivity contribution in [3.63, 3.8) is 0 Å². The molecule has 1 spiro atoms. The van der Waals surface area contributed by atoms with Crippen molar-refractivity contribution >= 4 is 28.5 Å². The molecule has 6 rings (SSSR count). The number of aliphatic hydroxyl groups is 1. The molecule has 2 aliphatic rings. The van der Waals surface area contributed by atoms with Gasteiger partial charge in [-0.3, -0.25) is 9.78 Å². The number of carbonyl (C=O) groups excluding carboxylic acids is 2. The summed E-state index contributed by atoms with van der Waals surface area (Å²) >= 11 is 0. The fourth-order valence-electron chi connectivity index (χ4n) is 6.33. The Kier molecular flexibility index (Phi) is 7.08. The maximum Gasteiger partial charge on any atom is 0.322 e. The predicted molar refractivity (Wildman–Crippen MR) is 152 cm³/mol. The molecule has 1 saturated heterocycles. The third kappa shape index (κ3) is 4.99. The van der Waals surface area contributed by atoms with E-state index in [0.717, 1.165) is 27.7 Å². The minimum atomic E-state index is -0.610. The number of fused-ring (bicyclic) bond motifs is 4. The fraction of sp³-hybridized carbons (Fsp3) is 0.323. The second kappa shape index (κ2) is 10.9. The van der Waals surface area contributed by atoms with E-state index < -0.39 is 17.3 Å². The van der Waals surface area contributed by atoms with Crippen LogP contribution >= 0.6 is 0 Å². The number of carbonyl (C=O) groups is 2. The summed E-state index contributed by atoms with van der Waals surface area (Å²) in [5, 5.41) is 14.4. The quantitative estimate of drug-likeness (QED) is 0.337. The first-order valence-electron chi connectivity index (χ1n) is 13.7. The van der Waals surface area contributed by atoms with Gasteiger partial charge in [-0.25, -0.2) is 9.18 Å². The molecule has 4 heterocycles. The Labute approximate surface area is 236 Å². The van der Waals surface area contributed by atoms with Crippen LogP contribution in [-0.2, 0) is 16.6 Å². The minimum Gasteiger partial charge on any atom is -0.497 e. The Morgan fingerprint density at radius 1 is 1.12 bits per heavy atom. The Morgan fingerprint density at radius 3 is 2.54 bits per heavy atom. The molecule has 2 aliphatic heterocycles. The number of nitrogens with one attached hydrogen (secondary N) is 2. The van der Waals surface area contributed by atoms with E-state index in [2.05, 4.69) is 15.3 Å². The summed E-state index contributed by atoms with van der Waals surface area (Å²) in [6, 6.07) is 14.2. The van der Waals surface area contributed by atoms with Crippen LogP contribution in [0.5, 0.6) is 5.75 Å². The number of hydrogen-bond acceptors (Lipinski definition) is 5. The van der Waals surface area contributed by atoms with Gasteiger partial charge >= 0.3 is 6.03 Å². The number of aliphatic hydroxyl groups excluding tert-OH is 1. The van der Waals surface area contributed by atoms with Gasteiger partial charge in [-0.2, -0.15) is 0 Å². The standard InChI is InChI=1S/C31H32FN5O4/c1-41-23-6-7-24-25(17-23)35-29-26(18-38)37(30(40)34-22-4-2-21(32)3-5-22)19-31(28(24)29)10-14-36(15-11-31)27(39)16-20-8-12-33-13-9-20/h2-9,12-13,17,26,35,38H,10-11,14-16,18-19H2,1H3,(H,34,40)/t26-/m0/s1. The van der Waals surface area contributed by atoms with Crippen molar-refractivity contribution in [3.05, 3.63) is 89.6 Å². The molecule has 1 fully saturated rings. The molecule has 212 valence electrons. The number of aromatic amines is 1. The molecular weight excluding hydrogens is 525 g/mol. The van der Waals surface area contributed by atoms with Gasteiger partial charge in [-0.1, -0.05) is 0 Å². The number of rotatable bonds is 5. The highest BCUT2D eigenvalue weighted by atomic mass is 19.1. The van der Waals surface area contributed by atoms with Gasteiger partial charge in [0.05, 0.1) is 26.2 Å². The second-order valence-corrected chi connectivity index (χ2v) is 10.8. The number of likely N-dealkylation sites (tertiary alicyclic amines) is 1. The number of nitrogens with zero attached hydrogens (tertiary/aromatic N) is 3. The van der Waals surface area contributed by atoms with Crippen LogP contribution in [0.4, 0.5) is 14.9 Å². The first-order valence-corrected chi connectivity index (χ1v) is 13.7. The Bertz CT molecular complexity index is 1560. The monoisotopic (exact) mass is 557 g/mol. The van der Waals surface area contributed by atoms with Gasteiger partial charge < -0.3 is 29.9 Å². The summed E-state index contributed by atoms with van der Waals surface area (Å²) in [5.74, 6) is 0.370. The molecule has 4 aromatic rings. The molecule has 3 amide bonds. The van der Waals surface area contributed by atoms with Crippen molar-refractivity contribution in [3.8, 4) is 5.75 Å². The van der Waals surface area contributed by atoms with Crippen LogP contribution in [0.25, 0.3) is 10.9 Å². The smallest absolute Gasteiger partial charge is 0.322 e. The van der Waals surface area contributed by atoms with Crippen molar-refractivity contribution in [2.24, 2.45) is 0 Å². The molecule has 3 N–H and O–H groups in total. The van der Waals surface area contributed by atoms with Gasteiger partial charge in [0.15, 0.2) is 0 Å². The zero-order valence-electron chi connectivity index (χ0n) is 22.8. The van der Waals surface area contributed by atoms with E-state index >= 15 is 0 Å². The van der Waals surface area contributed by atoms with Gasteiger partial charge in [0, 0.05) is 65.8 Å². The zero-order valence-corrected chi connectivity index (χ0v) is 22.8. The molecule has 10 heteroatoms. The fourth-order valence-corrected chi connectivity index (χ4v) is 6.33. The van der Waals surface area contributed by atoms with E-state index in [9.17, 15) is 19.1 Å². The van der Waals surface area contributed by atoms with E-state index in [1.54, 1.807) is 24.4 Å². The van der Waals surface area contributed by atoms with Crippen LogP contribution in [0.3, 0.4) is 0 Å². The zero-order chi connectivity index (χ0) is 28.6.